The zero-order chi connectivity index (χ0) is 16.2. The molecule has 0 saturated carbocycles. The van der Waals surface area contributed by atoms with Gasteiger partial charge in [0.15, 0.2) is 0 Å². The molecular formula is C14H12F3N3O2. The van der Waals surface area contributed by atoms with E-state index in [9.17, 15) is 18.0 Å². The Morgan fingerprint density at radius 1 is 1.32 bits per heavy atom. The summed E-state index contributed by atoms with van der Waals surface area (Å²) in [6.45, 7) is 1.64. The molecule has 1 aromatic heterocycles. The summed E-state index contributed by atoms with van der Waals surface area (Å²) in [4.78, 5) is 19.4. The van der Waals surface area contributed by atoms with E-state index in [1.165, 1.54) is 36.8 Å². The van der Waals surface area contributed by atoms with Crippen LogP contribution in [0.4, 0.5) is 13.2 Å². The van der Waals surface area contributed by atoms with Gasteiger partial charge in [0.2, 0.25) is 0 Å². The molecule has 5 nitrogen and oxygen atoms in total. The Morgan fingerprint density at radius 2 is 2.09 bits per heavy atom. The Morgan fingerprint density at radius 3 is 2.73 bits per heavy atom. The maximum absolute atomic E-state index is 12.2. The Hall–Kier alpha value is -2.64. The number of hydrogen-bond acceptors (Lipinski definition) is 4. The first-order valence-electron chi connectivity index (χ1n) is 6.28. The quantitative estimate of drug-likeness (QED) is 0.943. The van der Waals surface area contributed by atoms with Crippen LogP contribution in [0.5, 0.6) is 5.75 Å². The number of rotatable bonds is 4. The van der Waals surface area contributed by atoms with Crippen molar-refractivity contribution in [3.8, 4) is 5.75 Å². The highest BCUT2D eigenvalue weighted by atomic mass is 19.4. The number of benzene rings is 1. The zero-order valence-electron chi connectivity index (χ0n) is 11.5. The minimum atomic E-state index is -4.76. The number of carbonyl (C=O) groups is 1. The van der Waals surface area contributed by atoms with Gasteiger partial charge in [0.25, 0.3) is 5.91 Å². The van der Waals surface area contributed by atoms with Crippen LogP contribution in [0.3, 0.4) is 0 Å². The number of hydrogen-bond donors (Lipinski definition) is 1. The lowest BCUT2D eigenvalue weighted by molar-refractivity contribution is -0.274. The SMILES string of the molecule is CC(NC(=O)c1ccncn1)c1cccc(OC(F)(F)F)c1. The van der Waals surface area contributed by atoms with E-state index in [1.54, 1.807) is 13.0 Å². The fourth-order valence-corrected chi connectivity index (χ4v) is 1.76. The summed E-state index contributed by atoms with van der Waals surface area (Å²) in [6.07, 6.45) is -2.10. The van der Waals surface area contributed by atoms with Crippen LogP contribution in [0.1, 0.15) is 29.0 Å². The summed E-state index contributed by atoms with van der Waals surface area (Å²) in [5, 5.41) is 2.64. The van der Waals surface area contributed by atoms with Crippen molar-refractivity contribution in [2.45, 2.75) is 19.3 Å². The van der Waals surface area contributed by atoms with Gasteiger partial charge in [0, 0.05) is 6.20 Å². The van der Waals surface area contributed by atoms with Crippen molar-refractivity contribution < 1.29 is 22.7 Å². The topological polar surface area (TPSA) is 64.1 Å². The molecule has 1 N–H and O–H groups in total. The molecule has 1 heterocycles. The highest BCUT2D eigenvalue weighted by molar-refractivity contribution is 5.92. The lowest BCUT2D eigenvalue weighted by Gasteiger charge is -2.16. The molecule has 1 atom stereocenters. The van der Waals surface area contributed by atoms with E-state index in [2.05, 4.69) is 20.0 Å². The van der Waals surface area contributed by atoms with Crippen LogP contribution >= 0.6 is 0 Å². The van der Waals surface area contributed by atoms with E-state index in [4.69, 9.17) is 0 Å². The second kappa shape index (κ2) is 6.42. The minimum absolute atomic E-state index is 0.171. The van der Waals surface area contributed by atoms with Crippen LogP contribution < -0.4 is 10.1 Å². The molecule has 1 aromatic carbocycles. The van der Waals surface area contributed by atoms with Crippen molar-refractivity contribution in [1.29, 1.82) is 0 Å². The van der Waals surface area contributed by atoms with Crippen LogP contribution in [-0.2, 0) is 0 Å². The molecule has 0 spiro atoms. The van der Waals surface area contributed by atoms with Gasteiger partial charge >= 0.3 is 6.36 Å². The Kier molecular flexibility index (Phi) is 4.59. The maximum atomic E-state index is 12.2. The summed E-state index contributed by atoms with van der Waals surface area (Å²) in [5.74, 6) is -0.787. The summed E-state index contributed by atoms with van der Waals surface area (Å²) < 4.78 is 40.4. The third kappa shape index (κ3) is 4.44. The summed E-state index contributed by atoms with van der Waals surface area (Å²) in [6, 6.07) is 6.34. The van der Waals surface area contributed by atoms with Gasteiger partial charge in [-0.25, -0.2) is 9.97 Å². The van der Waals surface area contributed by atoms with Crippen LogP contribution in [0.25, 0.3) is 0 Å². The Labute approximate surface area is 124 Å². The van der Waals surface area contributed by atoms with Crippen molar-refractivity contribution in [2.24, 2.45) is 0 Å². The first kappa shape index (κ1) is 15.7. The molecule has 2 aromatic rings. The van der Waals surface area contributed by atoms with Gasteiger partial charge in [-0.15, -0.1) is 13.2 Å². The molecule has 0 fully saturated rings. The summed E-state index contributed by atoms with van der Waals surface area (Å²) in [5.41, 5.74) is 0.647. The second-order valence-electron chi connectivity index (χ2n) is 4.41. The first-order chi connectivity index (χ1) is 10.3. The molecule has 0 bridgehead atoms. The zero-order valence-corrected chi connectivity index (χ0v) is 11.5. The van der Waals surface area contributed by atoms with Crippen molar-refractivity contribution in [1.82, 2.24) is 15.3 Å². The number of nitrogens with zero attached hydrogens (tertiary/aromatic N) is 2. The third-order valence-electron chi connectivity index (χ3n) is 2.75. The molecular weight excluding hydrogens is 299 g/mol. The molecule has 0 aliphatic rings. The average Bonchev–Trinajstić information content (AvgIpc) is 2.46. The van der Waals surface area contributed by atoms with Gasteiger partial charge in [-0.05, 0) is 30.7 Å². The van der Waals surface area contributed by atoms with E-state index in [0.29, 0.717) is 5.56 Å². The lowest BCUT2D eigenvalue weighted by atomic mass is 10.1. The number of nitrogens with one attached hydrogen (secondary N) is 1. The number of amides is 1. The fourth-order valence-electron chi connectivity index (χ4n) is 1.76. The van der Waals surface area contributed by atoms with Crippen molar-refractivity contribution in [2.75, 3.05) is 0 Å². The first-order valence-corrected chi connectivity index (χ1v) is 6.28. The van der Waals surface area contributed by atoms with Gasteiger partial charge in [-0.3, -0.25) is 4.79 Å². The van der Waals surface area contributed by atoms with Crippen LogP contribution in [0.15, 0.2) is 42.9 Å². The lowest BCUT2D eigenvalue weighted by Crippen LogP contribution is -2.27. The van der Waals surface area contributed by atoms with Crippen LogP contribution in [0, 0.1) is 0 Å². The molecule has 8 heteroatoms. The molecule has 2 rings (SSSR count). The minimum Gasteiger partial charge on any atom is -0.406 e. The summed E-state index contributed by atoms with van der Waals surface area (Å²) in [7, 11) is 0. The van der Waals surface area contributed by atoms with Gasteiger partial charge in [-0.2, -0.15) is 0 Å². The highest BCUT2D eigenvalue weighted by Gasteiger charge is 2.31. The fraction of sp³-hybridized carbons (Fsp3) is 0.214. The number of alkyl halides is 3. The number of aromatic nitrogens is 2. The highest BCUT2D eigenvalue weighted by Crippen LogP contribution is 2.25. The largest absolute Gasteiger partial charge is 0.573 e. The second-order valence-corrected chi connectivity index (χ2v) is 4.41. The van der Waals surface area contributed by atoms with E-state index < -0.39 is 18.3 Å². The molecule has 1 amide bonds. The van der Waals surface area contributed by atoms with Gasteiger partial charge in [0.05, 0.1) is 6.04 Å². The van der Waals surface area contributed by atoms with Crippen molar-refractivity contribution >= 4 is 5.91 Å². The third-order valence-corrected chi connectivity index (χ3v) is 2.75. The molecule has 22 heavy (non-hydrogen) atoms. The van der Waals surface area contributed by atoms with Gasteiger partial charge < -0.3 is 10.1 Å². The van der Waals surface area contributed by atoms with Crippen LogP contribution in [0.2, 0.25) is 0 Å². The van der Waals surface area contributed by atoms with Crippen molar-refractivity contribution in [3.05, 3.63) is 54.1 Å². The van der Waals surface area contributed by atoms with E-state index in [1.807, 2.05) is 0 Å². The average molecular weight is 311 g/mol. The smallest absolute Gasteiger partial charge is 0.406 e. The molecule has 0 radical (unpaired) electrons. The molecule has 1 unspecified atom stereocenters. The molecule has 0 aliphatic carbocycles. The van der Waals surface area contributed by atoms with Crippen molar-refractivity contribution in [3.63, 3.8) is 0 Å². The van der Waals surface area contributed by atoms with E-state index >= 15 is 0 Å². The predicted molar refractivity (Wildman–Crippen MR) is 71.0 cm³/mol. The molecule has 0 saturated heterocycles. The molecule has 116 valence electrons. The number of halogens is 3. The maximum Gasteiger partial charge on any atom is 0.573 e. The van der Waals surface area contributed by atoms with E-state index in [-0.39, 0.29) is 11.4 Å². The Bertz CT molecular complexity index is 647. The predicted octanol–water partition coefficient (Wildman–Crippen LogP) is 2.87. The number of ether oxygens (including phenoxy) is 1. The van der Waals surface area contributed by atoms with Gasteiger partial charge in [0.1, 0.15) is 17.8 Å². The number of carbonyl (C=O) groups excluding carboxylic acids is 1. The monoisotopic (exact) mass is 311 g/mol. The standard InChI is InChI=1S/C14H12F3N3O2/c1-9(20-13(21)12-5-6-18-8-19-12)10-3-2-4-11(7-10)22-14(15,16)17/h2-9H,1H3,(H,20,21). The Balaban J connectivity index is 2.08. The van der Waals surface area contributed by atoms with Gasteiger partial charge in [-0.1, -0.05) is 12.1 Å². The van der Waals surface area contributed by atoms with E-state index in [0.717, 1.165) is 0 Å². The summed E-state index contributed by atoms with van der Waals surface area (Å²) >= 11 is 0. The molecule has 0 aliphatic heterocycles. The van der Waals surface area contributed by atoms with Crippen LogP contribution in [-0.4, -0.2) is 22.2 Å². The normalized spacial score (nSPS) is 12.5.